The Balaban J connectivity index is 1.55. The highest BCUT2D eigenvalue weighted by Crippen LogP contribution is 2.60. The first-order chi connectivity index (χ1) is 15.4. The highest BCUT2D eigenvalue weighted by atomic mass is 16.6. The Kier molecular flexibility index (Phi) is 3.72. The number of nitrogens with zero attached hydrogens (tertiary/aromatic N) is 3. The van der Waals surface area contributed by atoms with Gasteiger partial charge < -0.3 is 5.32 Å². The number of para-hydroxylation sites is 1. The highest BCUT2D eigenvalue weighted by molar-refractivity contribution is 6.26. The van der Waals surface area contributed by atoms with Crippen LogP contribution in [0, 0.1) is 28.9 Å². The number of fused-ring (bicyclic) bond motifs is 7. The fraction of sp³-hybridized carbons (Fsp3) is 0.348. The van der Waals surface area contributed by atoms with E-state index in [1.807, 2.05) is 24.3 Å². The Morgan fingerprint density at radius 3 is 2.66 bits per heavy atom. The predicted octanol–water partition coefficient (Wildman–Crippen LogP) is 2.33. The SMILES string of the molecule is Cc1c(N2C(=O)[C@H]3[C@H]4CCCN4[C@]4(C(=O)Nc5ccccc54)[C@@H]3C2=O)cccc1[N+](=O)[O-]. The summed E-state index contributed by atoms with van der Waals surface area (Å²) in [5.41, 5.74) is 0.472. The van der Waals surface area contributed by atoms with E-state index in [4.69, 9.17) is 0 Å². The van der Waals surface area contributed by atoms with E-state index in [9.17, 15) is 24.5 Å². The number of carbonyl (C=O) groups is 3. The van der Waals surface area contributed by atoms with Gasteiger partial charge in [0.2, 0.25) is 17.7 Å². The number of benzene rings is 2. The molecule has 0 aromatic heterocycles. The molecule has 0 bridgehead atoms. The van der Waals surface area contributed by atoms with Gasteiger partial charge in [0.1, 0.15) is 5.54 Å². The average Bonchev–Trinajstić information content (AvgIpc) is 3.47. The Bertz CT molecular complexity index is 1240. The molecule has 32 heavy (non-hydrogen) atoms. The number of nitro groups is 1. The smallest absolute Gasteiger partial charge is 0.274 e. The number of amides is 3. The van der Waals surface area contributed by atoms with E-state index >= 15 is 0 Å². The van der Waals surface area contributed by atoms with Crippen LogP contribution in [0.2, 0.25) is 0 Å². The molecule has 0 aliphatic carbocycles. The molecular weight excluding hydrogens is 412 g/mol. The zero-order valence-corrected chi connectivity index (χ0v) is 17.3. The number of hydrogen-bond donors (Lipinski definition) is 1. The Morgan fingerprint density at radius 1 is 1.09 bits per heavy atom. The van der Waals surface area contributed by atoms with Gasteiger partial charge in [-0.15, -0.1) is 0 Å². The molecule has 0 radical (unpaired) electrons. The molecular formula is C23H20N4O5. The van der Waals surface area contributed by atoms with Crippen molar-refractivity contribution in [1.29, 1.82) is 0 Å². The molecule has 1 N–H and O–H groups in total. The van der Waals surface area contributed by atoms with Crippen LogP contribution < -0.4 is 10.2 Å². The summed E-state index contributed by atoms with van der Waals surface area (Å²) in [6.45, 7) is 2.17. The molecule has 4 aliphatic rings. The van der Waals surface area contributed by atoms with Crippen molar-refractivity contribution in [2.45, 2.75) is 31.3 Å². The third-order valence-electron chi connectivity index (χ3n) is 7.61. The topological polar surface area (TPSA) is 113 Å². The van der Waals surface area contributed by atoms with Gasteiger partial charge in [0, 0.05) is 23.4 Å². The van der Waals surface area contributed by atoms with Gasteiger partial charge in [0.05, 0.1) is 28.0 Å². The van der Waals surface area contributed by atoms with E-state index in [0.717, 1.165) is 23.3 Å². The van der Waals surface area contributed by atoms with Crippen molar-refractivity contribution in [3.63, 3.8) is 0 Å². The maximum atomic E-state index is 13.9. The summed E-state index contributed by atoms with van der Waals surface area (Å²) in [5.74, 6) is -2.67. The van der Waals surface area contributed by atoms with Crippen LogP contribution in [0.4, 0.5) is 17.1 Å². The lowest BCUT2D eigenvalue weighted by Crippen LogP contribution is -2.54. The van der Waals surface area contributed by atoms with E-state index in [-0.39, 0.29) is 34.8 Å². The molecule has 162 valence electrons. The fourth-order valence-corrected chi connectivity index (χ4v) is 6.45. The minimum atomic E-state index is -1.24. The van der Waals surface area contributed by atoms with Crippen LogP contribution in [0.25, 0.3) is 0 Å². The Hall–Kier alpha value is -3.59. The first-order valence-corrected chi connectivity index (χ1v) is 10.7. The fourth-order valence-electron chi connectivity index (χ4n) is 6.45. The zero-order valence-electron chi connectivity index (χ0n) is 17.3. The maximum absolute atomic E-state index is 13.9. The first kappa shape index (κ1) is 19.1. The summed E-state index contributed by atoms with van der Waals surface area (Å²) < 4.78 is 0. The number of imide groups is 1. The van der Waals surface area contributed by atoms with Gasteiger partial charge in [0.25, 0.3) is 5.69 Å². The molecule has 0 saturated carbocycles. The van der Waals surface area contributed by atoms with Crippen molar-refractivity contribution in [2.24, 2.45) is 11.8 Å². The molecule has 2 aromatic carbocycles. The van der Waals surface area contributed by atoms with E-state index in [2.05, 4.69) is 10.2 Å². The molecule has 3 fully saturated rings. The predicted molar refractivity (Wildman–Crippen MR) is 114 cm³/mol. The number of hydrogen-bond acceptors (Lipinski definition) is 6. The Labute approximate surface area is 183 Å². The second kappa shape index (κ2) is 6.23. The lowest BCUT2D eigenvalue weighted by molar-refractivity contribution is -0.385. The molecule has 1 spiro atoms. The highest BCUT2D eigenvalue weighted by Gasteiger charge is 2.74. The van der Waals surface area contributed by atoms with Crippen molar-refractivity contribution in [3.8, 4) is 0 Å². The number of anilines is 2. The van der Waals surface area contributed by atoms with E-state index < -0.39 is 28.2 Å². The molecule has 4 aliphatic heterocycles. The Morgan fingerprint density at radius 2 is 1.88 bits per heavy atom. The standard InChI is InChI=1S/C23H20N4O5/c1-12-15(8-4-9-16(12)27(31)32)26-20(28)18-17-10-5-11-25(17)23(19(18)21(26)29)13-6-2-3-7-14(13)24-22(23)30/h2-4,6-9,17-19H,5,10-11H2,1H3,(H,24,30)/t17-,18+,19+,23+/m1/s1. The zero-order chi connectivity index (χ0) is 22.4. The summed E-state index contributed by atoms with van der Waals surface area (Å²) in [7, 11) is 0. The second-order valence-corrected chi connectivity index (χ2v) is 8.86. The third-order valence-corrected chi connectivity index (χ3v) is 7.61. The summed E-state index contributed by atoms with van der Waals surface area (Å²) in [6.07, 6.45) is 1.56. The number of nitrogens with one attached hydrogen (secondary N) is 1. The van der Waals surface area contributed by atoms with Crippen LogP contribution in [0.15, 0.2) is 42.5 Å². The van der Waals surface area contributed by atoms with Crippen molar-refractivity contribution >= 4 is 34.8 Å². The first-order valence-electron chi connectivity index (χ1n) is 10.7. The number of nitro benzene ring substituents is 1. The largest absolute Gasteiger partial charge is 0.324 e. The van der Waals surface area contributed by atoms with Crippen LogP contribution in [0.5, 0.6) is 0 Å². The van der Waals surface area contributed by atoms with Crippen LogP contribution in [0.3, 0.4) is 0 Å². The summed E-state index contributed by atoms with van der Waals surface area (Å²) >= 11 is 0. The van der Waals surface area contributed by atoms with Crippen LogP contribution in [0.1, 0.15) is 24.0 Å². The molecule has 3 amide bonds. The van der Waals surface area contributed by atoms with Gasteiger partial charge in [0.15, 0.2) is 0 Å². The quantitative estimate of drug-likeness (QED) is 0.443. The van der Waals surface area contributed by atoms with Crippen LogP contribution in [-0.2, 0) is 19.9 Å². The second-order valence-electron chi connectivity index (χ2n) is 8.86. The molecule has 2 aromatic rings. The van der Waals surface area contributed by atoms with Gasteiger partial charge >= 0.3 is 0 Å². The monoisotopic (exact) mass is 432 g/mol. The van der Waals surface area contributed by atoms with Gasteiger partial charge in [-0.1, -0.05) is 24.3 Å². The molecule has 6 rings (SSSR count). The number of carbonyl (C=O) groups excluding carboxylic acids is 3. The van der Waals surface area contributed by atoms with Gasteiger partial charge in [-0.2, -0.15) is 0 Å². The van der Waals surface area contributed by atoms with E-state index in [0.29, 0.717) is 12.2 Å². The maximum Gasteiger partial charge on any atom is 0.274 e. The summed E-state index contributed by atoms with van der Waals surface area (Å²) in [5, 5.41) is 14.4. The molecule has 4 heterocycles. The average molecular weight is 432 g/mol. The molecule has 9 nitrogen and oxygen atoms in total. The van der Waals surface area contributed by atoms with Gasteiger partial charge in [-0.05, 0) is 38.4 Å². The minimum Gasteiger partial charge on any atom is -0.324 e. The van der Waals surface area contributed by atoms with Gasteiger partial charge in [-0.25, -0.2) is 4.90 Å². The summed E-state index contributed by atoms with van der Waals surface area (Å²) in [6, 6.07) is 11.5. The summed E-state index contributed by atoms with van der Waals surface area (Å²) in [4.78, 5) is 55.2. The van der Waals surface area contributed by atoms with Crippen molar-refractivity contribution < 1.29 is 19.3 Å². The van der Waals surface area contributed by atoms with Gasteiger partial charge in [-0.3, -0.25) is 29.4 Å². The normalized spacial score (nSPS) is 30.6. The van der Waals surface area contributed by atoms with E-state index in [1.54, 1.807) is 6.07 Å². The molecule has 0 unspecified atom stereocenters. The molecule has 4 atom stereocenters. The minimum absolute atomic E-state index is 0.152. The van der Waals surface area contributed by atoms with E-state index in [1.165, 1.54) is 19.1 Å². The van der Waals surface area contributed by atoms with Crippen molar-refractivity contribution in [1.82, 2.24) is 4.90 Å². The molecule has 3 saturated heterocycles. The van der Waals surface area contributed by atoms with Crippen molar-refractivity contribution in [2.75, 3.05) is 16.8 Å². The third kappa shape index (κ3) is 2.04. The molecule has 9 heteroatoms. The van der Waals surface area contributed by atoms with Crippen LogP contribution >= 0.6 is 0 Å². The van der Waals surface area contributed by atoms with Crippen LogP contribution in [-0.4, -0.2) is 40.1 Å². The number of rotatable bonds is 2. The lowest BCUT2D eigenvalue weighted by Gasteiger charge is -2.36. The van der Waals surface area contributed by atoms with Crippen molar-refractivity contribution in [3.05, 3.63) is 63.7 Å². The lowest BCUT2D eigenvalue weighted by atomic mass is 9.75.